The van der Waals surface area contributed by atoms with Crippen LogP contribution in [0.1, 0.15) is 24.0 Å². The van der Waals surface area contributed by atoms with Crippen molar-refractivity contribution in [2.45, 2.75) is 32.0 Å². The van der Waals surface area contributed by atoms with Gasteiger partial charge in [-0.3, -0.25) is 9.88 Å². The molecule has 0 bridgehead atoms. The van der Waals surface area contributed by atoms with Crippen LogP contribution in [0.5, 0.6) is 0 Å². The van der Waals surface area contributed by atoms with Gasteiger partial charge in [-0.1, -0.05) is 34.1 Å². The number of nitrogens with zero attached hydrogens (tertiary/aromatic N) is 2. The van der Waals surface area contributed by atoms with Gasteiger partial charge in [0.1, 0.15) is 0 Å². The van der Waals surface area contributed by atoms with Crippen molar-refractivity contribution < 1.29 is 0 Å². The molecule has 1 aromatic heterocycles. The second kappa shape index (κ2) is 7.86. The molecule has 0 aliphatic carbocycles. The molecule has 1 fully saturated rings. The summed E-state index contributed by atoms with van der Waals surface area (Å²) in [7, 11) is 0. The Morgan fingerprint density at radius 2 is 1.82 bits per heavy atom. The Kier molecular flexibility index (Phi) is 5.59. The maximum absolute atomic E-state index is 4.06. The minimum Gasteiger partial charge on any atom is -0.310 e. The molecule has 3 rings (SSSR count). The summed E-state index contributed by atoms with van der Waals surface area (Å²) in [5, 5.41) is 3.67. The second-order valence-electron chi connectivity index (χ2n) is 5.88. The second-order valence-corrected chi connectivity index (χ2v) is 6.73. The molecule has 2 heterocycles. The lowest BCUT2D eigenvalue weighted by Gasteiger charge is -2.32. The van der Waals surface area contributed by atoms with E-state index in [1.165, 1.54) is 28.4 Å². The minimum atomic E-state index is 0.628. The quantitative estimate of drug-likeness (QED) is 0.883. The summed E-state index contributed by atoms with van der Waals surface area (Å²) in [5.41, 5.74) is 2.69. The van der Waals surface area contributed by atoms with Crippen LogP contribution in [-0.4, -0.2) is 29.0 Å². The van der Waals surface area contributed by atoms with Crippen LogP contribution in [0.4, 0.5) is 0 Å². The van der Waals surface area contributed by atoms with E-state index in [4.69, 9.17) is 0 Å². The summed E-state index contributed by atoms with van der Waals surface area (Å²) in [5.74, 6) is 0. The van der Waals surface area contributed by atoms with Gasteiger partial charge >= 0.3 is 0 Å². The van der Waals surface area contributed by atoms with Gasteiger partial charge in [-0.2, -0.15) is 0 Å². The highest BCUT2D eigenvalue weighted by atomic mass is 79.9. The van der Waals surface area contributed by atoms with Crippen molar-refractivity contribution in [3.63, 3.8) is 0 Å². The fraction of sp³-hybridized carbons (Fsp3) is 0.389. The van der Waals surface area contributed by atoms with E-state index in [1.807, 2.05) is 12.4 Å². The standard InChI is InChI=1S/C18H22BrN3/c19-18-4-2-1-3-16(18)14-22-11-7-17(8-12-22)21-13-15-5-9-20-10-6-15/h1-6,9-10,17,21H,7-8,11-14H2. The average molecular weight is 360 g/mol. The van der Waals surface area contributed by atoms with Gasteiger partial charge in [0.05, 0.1) is 0 Å². The number of hydrogen-bond acceptors (Lipinski definition) is 3. The van der Waals surface area contributed by atoms with Crippen LogP contribution in [0, 0.1) is 0 Å². The molecule has 1 aliphatic rings. The van der Waals surface area contributed by atoms with E-state index in [2.05, 4.69) is 67.5 Å². The van der Waals surface area contributed by atoms with Crippen molar-refractivity contribution in [3.8, 4) is 0 Å². The molecule has 0 spiro atoms. The van der Waals surface area contributed by atoms with E-state index in [1.54, 1.807) is 0 Å². The number of benzene rings is 1. The van der Waals surface area contributed by atoms with Crippen LogP contribution < -0.4 is 5.32 Å². The first kappa shape index (κ1) is 15.7. The molecule has 1 saturated heterocycles. The van der Waals surface area contributed by atoms with Crippen molar-refractivity contribution in [1.82, 2.24) is 15.2 Å². The summed E-state index contributed by atoms with van der Waals surface area (Å²) in [6.45, 7) is 4.31. The minimum absolute atomic E-state index is 0.628. The number of likely N-dealkylation sites (tertiary alicyclic amines) is 1. The molecule has 1 aliphatic heterocycles. The Morgan fingerprint density at radius 1 is 1.09 bits per heavy atom. The molecule has 0 radical (unpaired) electrons. The molecular formula is C18H22BrN3. The molecule has 0 atom stereocenters. The summed E-state index contributed by atoms with van der Waals surface area (Å²) in [6.07, 6.45) is 6.15. The maximum Gasteiger partial charge on any atom is 0.0271 e. The fourth-order valence-corrected chi connectivity index (χ4v) is 3.34. The third-order valence-corrected chi connectivity index (χ3v) is 5.06. The van der Waals surface area contributed by atoms with Gasteiger partial charge < -0.3 is 5.32 Å². The molecule has 0 amide bonds. The predicted molar refractivity (Wildman–Crippen MR) is 93.5 cm³/mol. The van der Waals surface area contributed by atoms with Gasteiger partial charge in [-0.25, -0.2) is 0 Å². The normalized spacial score (nSPS) is 16.8. The predicted octanol–water partition coefficient (Wildman–Crippen LogP) is 3.60. The maximum atomic E-state index is 4.06. The number of piperidine rings is 1. The third-order valence-electron chi connectivity index (χ3n) is 4.28. The van der Waals surface area contributed by atoms with Gasteiger partial charge in [-0.15, -0.1) is 0 Å². The zero-order valence-corrected chi connectivity index (χ0v) is 14.3. The van der Waals surface area contributed by atoms with Crippen molar-refractivity contribution in [3.05, 3.63) is 64.4 Å². The fourth-order valence-electron chi connectivity index (χ4n) is 2.93. The third kappa shape index (κ3) is 4.38. The van der Waals surface area contributed by atoms with E-state index >= 15 is 0 Å². The number of hydrogen-bond donors (Lipinski definition) is 1. The van der Waals surface area contributed by atoms with E-state index in [-0.39, 0.29) is 0 Å². The van der Waals surface area contributed by atoms with Gasteiger partial charge in [0.25, 0.3) is 0 Å². The summed E-state index contributed by atoms with van der Waals surface area (Å²) < 4.78 is 1.22. The first-order chi connectivity index (χ1) is 10.8. The largest absolute Gasteiger partial charge is 0.310 e. The number of halogens is 1. The molecule has 4 heteroatoms. The highest BCUT2D eigenvalue weighted by Crippen LogP contribution is 2.20. The Morgan fingerprint density at radius 3 is 2.55 bits per heavy atom. The first-order valence-electron chi connectivity index (χ1n) is 7.89. The molecule has 2 aromatic rings. The zero-order valence-electron chi connectivity index (χ0n) is 12.7. The number of rotatable bonds is 5. The average Bonchev–Trinajstić information content (AvgIpc) is 2.57. The smallest absolute Gasteiger partial charge is 0.0271 e. The zero-order chi connectivity index (χ0) is 15.2. The number of nitrogens with one attached hydrogen (secondary N) is 1. The molecule has 0 unspecified atom stereocenters. The molecule has 1 aromatic carbocycles. The monoisotopic (exact) mass is 359 g/mol. The first-order valence-corrected chi connectivity index (χ1v) is 8.68. The highest BCUT2D eigenvalue weighted by molar-refractivity contribution is 9.10. The van der Waals surface area contributed by atoms with Crippen LogP contribution in [0.25, 0.3) is 0 Å². The summed E-state index contributed by atoms with van der Waals surface area (Å²) in [4.78, 5) is 6.61. The van der Waals surface area contributed by atoms with Gasteiger partial charge in [0.15, 0.2) is 0 Å². The molecular weight excluding hydrogens is 338 g/mol. The van der Waals surface area contributed by atoms with Crippen molar-refractivity contribution in [2.24, 2.45) is 0 Å². The van der Waals surface area contributed by atoms with Crippen LogP contribution in [0.15, 0.2) is 53.3 Å². The van der Waals surface area contributed by atoms with E-state index in [9.17, 15) is 0 Å². The lowest BCUT2D eigenvalue weighted by Crippen LogP contribution is -2.41. The molecule has 22 heavy (non-hydrogen) atoms. The van der Waals surface area contributed by atoms with Crippen LogP contribution in [0.3, 0.4) is 0 Å². The Balaban J connectivity index is 1.44. The SMILES string of the molecule is Brc1ccccc1CN1CCC(NCc2ccncc2)CC1. The van der Waals surface area contributed by atoms with Crippen molar-refractivity contribution >= 4 is 15.9 Å². The van der Waals surface area contributed by atoms with Crippen molar-refractivity contribution in [1.29, 1.82) is 0 Å². The lowest BCUT2D eigenvalue weighted by molar-refractivity contribution is 0.190. The Labute approximate surface area is 140 Å². The lowest BCUT2D eigenvalue weighted by atomic mass is 10.0. The number of aromatic nitrogens is 1. The molecule has 116 valence electrons. The van der Waals surface area contributed by atoms with E-state index in [0.29, 0.717) is 6.04 Å². The van der Waals surface area contributed by atoms with Gasteiger partial charge in [0, 0.05) is 36.0 Å². The van der Waals surface area contributed by atoms with Crippen LogP contribution in [-0.2, 0) is 13.1 Å². The van der Waals surface area contributed by atoms with Gasteiger partial charge in [0.2, 0.25) is 0 Å². The molecule has 0 saturated carbocycles. The van der Waals surface area contributed by atoms with Gasteiger partial charge in [-0.05, 0) is 55.3 Å². The van der Waals surface area contributed by atoms with Crippen molar-refractivity contribution in [2.75, 3.05) is 13.1 Å². The summed E-state index contributed by atoms with van der Waals surface area (Å²) in [6, 6.07) is 13.3. The van der Waals surface area contributed by atoms with Crippen LogP contribution in [0.2, 0.25) is 0 Å². The molecule has 1 N–H and O–H groups in total. The van der Waals surface area contributed by atoms with E-state index < -0.39 is 0 Å². The number of pyridine rings is 1. The topological polar surface area (TPSA) is 28.2 Å². The van der Waals surface area contributed by atoms with E-state index in [0.717, 1.165) is 26.2 Å². The highest BCUT2D eigenvalue weighted by Gasteiger charge is 2.19. The Hall–Kier alpha value is -1.23. The summed E-state index contributed by atoms with van der Waals surface area (Å²) >= 11 is 3.64. The van der Waals surface area contributed by atoms with Crippen LogP contribution >= 0.6 is 15.9 Å². The molecule has 3 nitrogen and oxygen atoms in total. The Bertz CT molecular complexity index is 580.